The second-order valence-corrected chi connectivity index (χ2v) is 7.72. The first-order valence-corrected chi connectivity index (χ1v) is 9.09. The van der Waals surface area contributed by atoms with Crippen LogP contribution in [0, 0.1) is 5.82 Å². The number of nitrogens with one attached hydrogen (secondary N) is 1. The Morgan fingerprint density at radius 1 is 1.29 bits per heavy atom. The molecule has 126 valence electrons. The molecule has 1 aromatic carbocycles. The van der Waals surface area contributed by atoms with Crippen molar-refractivity contribution in [1.29, 1.82) is 0 Å². The summed E-state index contributed by atoms with van der Waals surface area (Å²) in [6.45, 7) is 2.53. The molecule has 0 bridgehead atoms. The summed E-state index contributed by atoms with van der Waals surface area (Å²) in [6, 6.07) is 8.58. The van der Waals surface area contributed by atoms with Gasteiger partial charge in [-0.25, -0.2) is 4.39 Å². The lowest BCUT2D eigenvalue weighted by molar-refractivity contribution is -0.111. The Kier molecular flexibility index (Phi) is 5.65. The van der Waals surface area contributed by atoms with E-state index in [-0.39, 0.29) is 11.7 Å². The van der Waals surface area contributed by atoms with E-state index >= 15 is 0 Å². The van der Waals surface area contributed by atoms with Crippen molar-refractivity contribution in [1.82, 2.24) is 0 Å². The standard InChI is InChI=1S/C17H16BrFN2O2S/c18-16-5-2-13(24-16)3-6-17(22)20-12-1-4-15(14(19)11-12)21-7-9-23-10-8-21/h1-6,11H,7-10H2,(H,20,22)/b6-3+. The predicted octanol–water partition coefficient (Wildman–Crippen LogP) is 4.14. The maximum Gasteiger partial charge on any atom is 0.248 e. The molecule has 1 aromatic heterocycles. The van der Waals surface area contributed by atoms with E-state index in [1.165, 1.54) is 23.5 Å². The van der Waals surface area contributed by atoms with E-state index in [1.54, 1.807) is 18.2 Å². The van der Waals surface area contributed by atoms with Crippen molar-refractivity contribution in [2.24, 2.45) is 0 Å². The van der Waals surface area contributed by atoms with E-state index in [0.717, 1.165) is 8.66 Å². The molecular weight excluding hydrogens is 395 g/mol. The molecule has 1 aliphatic rings. The summed E-state index contributed by atoms with van der Waals surface area (Å²) in [5.41, 5.74) is 0.974. The molecule has 1 amide bonds. The minimum Gasteiger partial charge on any atom is -0.378 e. The van der Waals surface area contributed by atoms with E-state index in [2.05, 4.69) is 21.2 Å². The van der Waals surface area contributed by atoms with Crippen molar-refractivity contribution in [3.63, 3.8) is 0 Å². The maximum atomic E-state index is 14.3. The molecule has 0 atom stereocenters. The Bertz CT molecular complexity index is 757. The fourth-order valence-corrected chi connectivity index (χ4v) is 3.73. The summed E-state index contributed by atoms with van der Waals surface area (Å²) in [5, 5.41) is 2.67. The number of halogens is 2. The Labute approximate surface area is 152 Å². The average Bonchev–Trinajstić information content (AvgIpc) is 2.99. The van der Waals surface area contributed by atoms with Crippen molar-refractivity contribution in [3.8, 4) is 0 Å². The number of carbonyl (C=O) groups excluding carboxylic acids is 1. The monoisotopic (exact) mass is 410 g/mol. The summed E-state index contributed by atoms with van der Waals surface area (Å²) >= 11 is 4.90. The Hall–Kier alpha value is -1.70. The number of hydrogen-bond acceptors (Lipinski definition) is 4. The van der Waals surface area contributed by atoms with Crippen LogP contribution in [-0.2, 0) is 9.53 Å². The van der Waals surface area contributed by atoms with Gasteiger partial charge in [0.1, 0.15) is 5.82 Å². The predicted molar refractivity (Wildman–Crippen MR) is 99.1 cm³/mol. The van der Waals surface area contributed by atoms with Crippen LogP contribution < -0.4 is 10.2 Å². The first kappa shape index (κ1) is 17.1. The van der Waals surface area contributed by atoms with Crippen LogP contribution in [0.4, 0.5) is 15.8 Å². The zero-order chi connectivity index (χ0) is 16.9. The highest BCUT2D eigenvalue weighted by atomic mass is 79.9. The number of benzene rings is 1. The van der Waals surface area contributed by atoms with E-state index in [4.69, 9.17) is 4.74 Å². The number of anilines is 2. The van der Waals surface area contributed by atoms with E-state index in [1.807, 2.05) is 17.0 Å². The van der Waals surface area contributed by atoms with Crippen molar-refractivity contribution in [3.05, 3.63) is 50.9 Å². The summed E-state index contributed by atoms with van der Waals surface area (Å²) in [6.07, 6.45) is 3.16. The average molecular weight is 411 g/mol. The first-order valence-electron chi connectivity index (χ1n) is 7.48. The number of amides is 1. The highest BCUT2D eigenvalue weighted by Crippen LogP contribution is 2.24. The molecular formula is C17H16BrFN2O2S. The van der Waals surface area contributed by atoms with Crippen LogP contribution in [0.5, 0.6) is 0 Å². The van der Waals surface area contributed by atoms with E-state index < -0.39 is 0 Å². The molecule has 2 heterocycles. The third-order valence-electron chi connectivity index (χ3n) is 3.56. The zero-order valence-electron chi connectivity index (χ0n) is 12.8. The van der Waals surface area contributed by atoms with Gasteiger partial charge in [0.25, 0.3) is 0 Å². The number of nitrogens with zero attached hydrogens (tertiary/aromatic N) is 1. The van der Waals surface area contributed by atoms with Crippen LogP contribution in [0.1, 0.15) is 4.88 Å². The molecule has 0 spiro atoms. The van der Waals surface area contributed by atoms with Crippen LogP contribution >= 0.6 is 27.3 Å². The van der Waals surface area contributed by atoms with Gasteiger partial charge in [0.05, 0.1) is 22.7 Å². The number of rotatable bonds is 4. The SMILES string of the molecule is O=C(/C=C/c1ccc(Br)s1)Nc1ccc(N2CCOCC2)c(F)c1. The third-order valence-corrected chi connectivity index (χ3v) is 5.15. The molecule has 24 heavy (non-hydrogen) atoms. The van der Waals surface area contributed by atoms with Gasteiger partial charge >= 0.3 is 0 Å². The molecule has 2 aromatic rings. The fourth-order valence-electron chi connectivity index (χ4n) is 2.40. The lowest BCUT2D eigenvalue weighted by atomic mass is 10.2. The smallest absolute Gasteiger partial charge is 0.248 e. The third kappa shape index (κ3) is 4.43. The summed E-state index contributed by atoms with van der Waals surface area (Å²) < 4.78 is 20.6. The minimum atomic E-state index is -0.346. The molecule has 4 nitrogen and oxygen atoms in total. The van der Waals surface area contributed by atoms with E-state index in [9.17, 15) is 9.18 Å². The normalized spacial score (nSPS) is 15.0. The molecule has 1 fully saturated rings. The van der Waals surface area contributed by atoms with Gasteiger partial charge in [-0.3, -0.25) is 4.79 Å². The van der Waals surface area contributed by atoms with Gasteiger partial charge in [-0.05, 0) is 52.3 Å². The van der Waals surface area contributed by atoms with Gasteiger partial charge in [0.15, 0.2) is 0 Å². The van der Waals surface area contributed by atoms with Gasteiger partial charge in [0, 0.05) is 29.7 Å². The largest absolute Gasteiger partial charge is 0.378 e. The summed E-state index contributed by atoms with van der Waals surface area (Å²) in [5.74, 6) is -0.640. The van der Waals surface area contributed by atoms with Crippen LogP contribution in [0.2, 0.25) is 0 Å². The molecule has 1 aliphatic heterocycles. The molecule has 3 rings (SSSR count). The van der Waals surface area contributed by atoms with Crippen molar-refractivity contribution >= 4 is 50.6 Å². The maximum absolute atomic E-state index is 14.3. The van der Waals surface area contributed by atoms with Crippen LogP contribution in [0.15, 0.2) is 40.2 Å². The molecule has 0 radical (unpaired) electrons. The summed E-state index contributed by atoms with van der Waals surface area (Å²) in [7, 11) is 0. The first-order chi connectivity index (χ1) is 11.6. The molecule has 0 aliphatic carbocycles. The van der Waals surface area contributed by atoms with Gasteiger partial charge in [-0.1, -0.05) is 0 Å². The lowest BCUT2D eigenvalue weighted by Gasteiger charge is -2.29. The van der Waals surface area contributed by atoms with Crippen molar-refractivity contribution in [2.45, 2.75) is 0 Å². The number of hydrogen-bond donors (Lipinski definition) is 1. The Morgan fingerprint density at radius 2 is 2.08 bits per heavy atom. The Morgan fingerprint density at radius 3 is 2.75 bits per heavy atom. The topological polar surface area (TPSA) is 41.6 Å². The minimum absolute atomic E-state index is 0.293. The Balaban J connectivity index is 1.63. The second-order valence-electron chi connectivity index (χ2n) is 5.23. The van der Waals surface area contributed by atoms with E-state index in [0.29, 0.717) is 37.7 Å². The van der Waals surface area contributed by atoms with Gasteiger partial charge in [0.2, 0.25) is 5.91 Å². The van der Waals surface area contributed by atoms with Gasteiger partial charge in [-0.15, -0.1) is 11.3 Å². The van der Waals surface area contributed by atoms with Crippen molar-refractivity contribution < 1.29 is 13.9 Å². The molecule has 7 heteroatoms. The quantitative estimate of drug-likeness (QED) is 0.770. The lowest BCUT2D eigenvalue weighted by Crippen LogP contribution is -2.36. The summed E-state index contributed by atoms with van der Waals surface area (Å²) in [4.78, 5) is 14.8. The van der Waals surface area contributed by atoms with Crippen LogP contribution in [0.3, 0.4) is 0 Å². The fraction of sp³-hybridized carbons (Fsp3) is 0.235. The molecule has 0 saturated carbocycles. The number of ether oxygens (including phenoxy) is 1. The number of morpholine rings is 1. The molecule has 0 unspecified atom stereocenters. The van der Waals surface area contributed by atoms with Gasteiger partial charge < -0.3 is 15.0 Å². The number of carbonyl (C=O) groups is 1. The van der Waals surface area contributed by atoms with Crippen LogP contribution in [-0.4, -0.2) is 32.2 Å². The number of thiophene rings is 1. The van der Waals surface area contributed by atoms with Crippen molar-refractivity contribution in [2.75, 3.05) is 36.5 Å². The second kappa shape index (κ2) is 7.92. The molecule has 1 saturated heterocycles. The van der Waals surface area contributed by atoms with Crippen LogP contribution in [0.25, 0.3) is 6.08 Å². The zero-order valence-corrected chi connectivity index (χ0v) is 15.2. The highest BCUT2D eigenvalue weighted by Gasteiger charge is 2.15. The highest BCUT2D eigenvalue weighted by molar-refractivity contribution is 9.11. The van der Waals surface area contributed by atoms with Gasteiger partial charge in [-0.2, -0.15) is 0 Å². The molecule has 1 N–H and O–H groups in total.